The third kappa shape index (κ3) is 5.85. The highest BCUT2D eigenvalue weighted by atomic mass is 32.2. The third-order valence-electron chi connectivity index (χ3n) is 7.23. The second kappa shape index (κ2) is 12.2. The lowest BCUT2D eigenvalue weighted by Gasteiger charge is -2.51. The number of fused-ring (bicyclic) bond motifs is 1. The Morgan fingerprint density at radius 1 is 1.15 bits per heavy atom. The quantitative estimate of drug-likeness (QED) is 0.147. The second-order valence-corrected chi connectivity index (χ2v) is 11.2. The molecule has 2 fully saturated rings. The summed E-state index contributed by atoms with van der Waals surface area (Å²) in [6, 6.07) is -3.25. The number of nitrogens with zero attached hydrogens (tertiary/aromatic N) is 3. The van der Waals surface area contributed by atoms with Crippen molar-refractivity contribution in [3.05, 3.63) is 35.1 Å². The molecule has 0 aromatic heterocycles. The molecule has 41 heavy (non-hydrogen) atoms. The molecule has 15 heteroatoms. The molecule has 220 valence electrons. The van der Waals surface area contributed by atoms with Gasteiger partial charge in [0, 0.05) is 37.4 Å². The summed E-state index contributed by atoms with van der Waals surface area (Å²) in [5, 5.41) is 13.8. The van der Waals surface area contributed by atoms with E-state index in [0.717, 1.165) is 9.80 Å². The fraction of sp³-hybridized carbons (Fsp3) is 0.500. The lowest BCUT2D eigenvalue weighted by molar-refractivity contribution is -0.153. The largest absolute Gasteiger partial charge is 0.477 e. The van der Waals surface area contributed by atoms with E-state index < -0.39 is 64.3 Å². The van der Waals surface area contributed by atoms with Gasteiger partial charge in [-0.2, -0.15) is 0 Å². The molecule has 3 N–H and O–H groups in total. The van der Waals surface area contributed by atoms with Crippen LogP contribution in [0.2, 0.25) is 0 Å². The summed E-state index contributed by atoms with van der Waals surface area (Å²) in [6.45, 7) is 4.78. The second-order valence-electron chi connectivity index (χ2n) is 9.74. The van der Waals surface area contributed by atoms with E-state index in [0.29, 0.717) is 25.0 Å². The van der Waals surface area contributed by atoms with E-state index in [-0.39, 0.29) is 31.0 Å². The van der Waals surface area contributed by atoms with Crippen molar-refractivity contribution in [2.24, 2.45) is 0 Å². The lowest BCUT2D eigenvalue weighted by atomic mass is 9.96. The molecule has 0 spiro atoms. The molecule has 14 nitrogen and oxygen atoms in total. The average Bonchev–Trinajstić information content (AvgIpc) is 2.94. The fourth-order valence-electron chi connectivity index (χ4n) is 5.01. The number of likely N-dealkylation sites (N-methyl/N-ethyl adjacent to an activating group) is 1. The van der Waals surface area contributed by atoms with Crippen molar-refractivity contribution >= 4 is 53.4 Å². The molecular weight excluding hydrogens is 558 g/mol. The van der Waals surface area contributed by atoms with Gasteiger partial charge in [0.2, 0.25) is 5.91 Å². The monoisotopic (exact) mass is 589 g/mol. The molecule has 3 heterocycles. The minimum Gasteiger partial charge on any atom is -0.477 e. The summed E-state index contributed by atoms with van der Waals surface area (Å²) in [7, 11) is 0. The summed E-state index contributed by atoms with van der Waals surface area (Å²) in [6.07, 6.45) is 6.30. The van der Waals surface area contributed by atoms with Gasteiger partial charge in [-0.3, -0.25) is 33.8 Å². The van der Waals surface area contributed by atoms with E-state index in [9.17, 15) is 38.7 Å². The number of aliphatic carboxylic acids is 1. The normalized spacial score (nSPS) is 24.8. The predicted octanol–water partition coefficient (Wildman–Crippen LogP) is -0.278. The highest BCUT2D eigenvalue weighted by Crippen LogP contribution is 2.44. The molecule has 0 radical (unpaired) electrons. The first kappa shape index (κ1) is 29.8. The van der Waals surface area contributed by atoms with Crippen molar-refractivity contribution in [2.45, 2.75) is 56.3 Å². The number of nitrogens with one attached hydrogen (secondary N) is 2. The number of thioether (sulfide) groups is 1. The first-order valence-corrected chi connectivity index (χ1v) is 14.0. The van der Waals surface area contributed by atoms with Gasteiger partial charge in [-0.05, 0) is 32.3 Å². The number of allylic oxidation sites excluding steroid dienone is 3. The molecule has 0 bridgehead atoms. The number of urea groups is 1. The van der Waals surface area contributed by atoms with Crippen LogP contribution in [0.3, 0.4) is 0 Å². The van der Waals surface area contributed by atoms with E-state index in [2.05, 4.69) is 10.6 Å². The van der Waals surface area contributed by atoms with Crippen LogP contribution in [-0.4, -0.2) is 110 Å². The summed E-state index contributed by atoms with van der Waals surface area (Å²) >= 11 is 1.23. The number of carbonyl (C=O) groups excluding carboxylic acids is 6. The lowest BCUT2D eigenvalue weighted by Crippen LogP contribution is -2.72. The topological polar surface area (TPSA) is 183 Å². The number of rotatable bonds is 8. The molecule has 0 aromatic carbocycles. The van der Waals surface area contributed by atoms with Gasteiger partial charge in [0.25, 0.3) is 5.91 Å². The zero-order valence-electron chi connectivity index (χ0n) is 22.7. The molecule has 0 aromatic rings. The van der Waals surface area contributed by atoms with E-state index in [1.54, 1.807) is 19.9 Å². The Kier molecular flexibility index (Phi) is 8.85. The maximum Gasteiger partial charge on any atom is 0.352 e. The predicted molar refractivity (Wildman–Crippen MR) is 144 cm³/mol. The number of carboxylic acids is 1. The smallest absolute Gasteiger partial charge is 0.352 e. The van der Waals surface area contributed by atoms with Crippen LogP contribution in [0.4, 0.5) is 4.79 Å². The molecule has 3 aliphatic heterocycles. The molecule has 2 saturated heterocycles. The molecule has 1 aliphatic carbocycles. The average molecular weight is 590 g/mol. The zero-order valence-corrected chi connectivity index (χ0v) is 23.6. The van der Waals surface area contributed by atoms with Crippen molar-refractivity contribution in [1.82, 2.24) is 25.3 Å². The number of hydrogen-bond acceptors (Lipinski definition) is 9. The van der Waals surface area contributed by atoms with Crippen LogP contribution >= 0.6 is 11.8 Å². The Labute approximate surface area is 239 Å². The number of piperazine rings is 1. The van der Waals surface area contributed by atoms with Gasteiger partial charge in [0.05, 0.1) is 0 Å². The first-order valence-electron chi connectivity index (χ1n) is 13.1. The van der Waals surface area contributed by atoms with Crippen molar-refractivity contribution in [3.8, 4) is 0 Å². The Morgan fingerprint density at radius 3 is 2.49 bits per heavy atom. The van der Waals surface area contributed by atoms with Crippen molar-refractivity contribution < 1.29 is 43.4 Å². The van der Waals surface area contributed by atoms with E-state index in [4.69, 9.17) is 4.74 Å². The first-order chi connectivity index (χ1) is 19.5. The maximum atomic E-state index is 13.5. The minimum atomic E-state index is -1.37. The summed E-state index contributed by atoms with van der Waals surface area (Å²) in [5.41, 5.74) is 0.503. The summed E-state index contributed by atoms with van der Waals surface area (Å²) in [4.78, 5) is 91.1. The molecule has 2 unspecified atom stereocenters. The Balaban J connectivity index is 1.51. The SMILES string of the molecule is CCN1CCN(C(=O)NC(C(=O)NC2C(=O)N3C(C(=O)O)=C(COC(C)=O)[C@H](C)S[C@@H]23)C2=CCC=CC2)C(=O)C1=O. The number of ether oxygens (including phenoxy) is 1. The van der Waals surface area contributed by atoms with Gasteiger partial charge in [-0.1, -0.05) is 18.2 Å². The van der Waals surface area contributed by atoms with Crippen LogP contribution in [0.15, 0.2) is 35.1 Å². The number of carboxylic acid groups (broad SMARTS) is 1. The van der Waals surface area contributed by atoms with Crippen molar-refractivity contribution in [2.75, 3.05) is 26.2 Å². The van der Waals surface area contributed by atoms with Gasteiger partial charge < -0.3 is 25.4 Å². The number of carbonyl (C=O) groups is 7. The zero-order chi connectivity index (χ0) is 30.0. The van der Waals surface area contributed by atoms with Crippen LogP contribution in [-0.2, 0) is 33.5 Å². The molecule has 4 rings (SSSR count). The van der Waals surface area contributed by atoms with Crippen molar-refractivity contribution in [1.29, 1.82) is 0 Å². The van der Waals surface area contributed by atoms with Gasteiger partial charge in [0.1, 0.15) is 29.8 Å². The highest BCUT2D eigenvalue weighted by molar-refractivity contribution is 8.00. The Hall–Kier alpha value is -4.14. The summed E-state index contributed by atoms with van der Waals surface area (Å²) in [5.74, 6) is -5.16. The minimum absolute atomic E-state index is 0.0375. The van der Waals surface area contributed by atoms with Crippen LogP contribution in [0.25, 0.3) is 0 Å². The number of esters is 1. The number of β-lactam (4-membered cyclic amide) rings is 1. The van der Waals surface area contributed by atoms with E-state index in [1.165, 1.54) is 23.6 Å². The Bertz CT molecular complexity index is 1290. The van der Waals surface area contributed by atoms with Crippen molar-refractivity contribution in [3.63, 3.8) is 0 Å². The van der Waals surface area contributed by atoms with Gasteiger partial charge in [0.15, 0.2) is 0 Å². The summed E-state index contributed by atoms with van der Waals surface area (Å²) < 4.78 is 4.99. The molecule has 4 aliphatic rings. The van der Waals surface area contributed by atoms with E-state index in [1.807, 2.05) is 12.2 Å². The molecule has 6 amide bonds. The molecule has 4 atom stereocenters. The van der Waals surface area contributed by atoms with Gasteiger partial charge in [-0.15, -0.1) is 11.8 Å². The number of hydrogen-bond donors (Lipinski definition) is 3. The van der Waals surface area contributed by atoms with Crippen LogP contribution < -0.4 is 10.6 Å². The molecular formula is C26H31N5O9S. The third-order valence-corrected chi connectivity index (χ3v) is 8.68. The van der Waals surface area contributed by atoms with Crippen LogP contribution in [0.5, 0.6) is 0 Å². The Morgan fingerprint density at radius 2 is 1.88 bits per heavy atom. The maximum absolute atomic E-state index is 13.5. The van der Waals surface area contributed by atoms with Gasteiger partial charge in [-0.25, -0.2) is 9.59 Å². The van der Waals surface area contributed by atoms with Gasteiger partial charge >= 0.3 is 29.8 Å². The standard InChI is InChI=1S/C26H31N5O9S/c1-4-29-10-11-30(23(36)22(29)35)26(39)28-17(15-8-6-5-7-9-15)20(33)27-18-21(34)31-19(25(37)38)16(12-40-14(3)32)13(2)41-24(18)31/h5-6,9,13,17-18,24H,4,7-8,10-12H2,1-3H3,(H,27,33)(H,28,39)(H,37,38)/t13-,17?,18?,24-/m0/s1. The molecule has 0 saturated carbocycles. The van der Waals surface area contributed by atoms with E-state index >= 15 is 0 Å². The number of imide groups is 1. The van der Waals surface area contributed by atoms with Crippen LogP contribution in [0.1, 0.15) is 33.6 Å². The number of amides is 6. The highest BCUT2D eigenvalue weighted by Gasteiger charge is 2.56. The fourth-order valence-corrected chi connectivity index (χ4v) is 6.44. The van der Waals surface area contributed by atoms with Crippen LogP contribution in [0, 0.1) is 0 Å².